The molecule has 0 aliphatic heterocycles. The number of anilines is 2. The van der Waals surface area contributed by atoms with Crippen LogP contribution < -0.4 is 10.6 Å². The number of benzene rings is 3. The number of hydrogen-bond acceptors (Lipinski definition) is 4. The molecule has 0 unspecified atom stereocenters. The number of aryl methyl sites for hydroxylation is 2. The molecule has 0 fully saturated rings. The Balaban J connectivity index is 1.93. The van der Waals surface area contributed by atoms with Gasteiger partial charge in [-0.3, -0.25) is 9.59 Å². The van der Waals surface area contributed by atoms with Crippen LogP contribution in [0, 0.1) is 13.8 Å². The van der Waals surface area contributed by atoms with Crippen LogP contribution in [-0.2, 0) is 0 Å². The van der Waals surface area contributed by atoms with Gasteiger partial charge >= 0.3 is 0 Å². The molecule has 6 nitrogen and oxygen atoms in total. The highest BCUT2D eigenvalue weighted by Crippen LogP contribution is 2.29. The number of carbonyl (C=O) groups excluding carboxylic acids is 2. The van der Waals surface area contributed by atoms with E-state index in [9.17, 15) is 19.8 Å². The number of hydrogen-bond donors (Lipinski definition) is 4. The molecule has 0 atom stereocenters. The molecule has 3 aromatic carbocycles. The van der Waals surface area contributed by atoms with Crippen LogP contribution >= 0.6 is 0 Å². The lowest BCUT2D eigenvalue weighted by Gasteiger charge is -2.16. The fourth-order valence-electron chi connectivity index (χ4n) is 2.73. The van der Waals surface area contributed by atoms with E-state index in [1.165, 1.54) is 24.3 Å². The van der Waals surface area contributed by atoms with E-state index >= 15 is 0 Å². The fourth-order valence-corrected chi connectivity index (χ4v) is 2.73. The molecule has 0 aromatic heterocycles. The summed E-state index contributed by atoms with van der Waals surface area (Å²) in [5, 5.41) is 25.2. The lowest BCUT2D eigenvalue weighted by atomic mass is 10.1. The minimum atomic E-state index is -0.501. The topological polar surface area (TPSA) is 98.7 Å². The zero-order valence-electron chi connectivity index (χ0n) is 15.5. The van der Waals surface area contributed by atoms with Crippen molar-refractivity contribution < 1.29 is 19.8 Å². The fraction of sp³-hybridized carbons (Fsp3) is 0.0909. The molecule has 0 bridgehead atoms. The second-order valence-corrected chi connectivity index (χ2v) is 6.42. The molecular weight excluding hydrogens is 356 g/mol. The van der Waals surface area contributed by atoms with Crippen LogP contribution in [0.3, 0.4) is 0 Å². The molecule has 0 aliphatic rings. The van der Waals surface area contributed by atoms with Gasteiger partial charge in [-0.25, -0.2) is 0 Å². The number of rotatable bonds is 4. The molecule has 2 amide bonds. The molecule has 0 saturated carbocycles. The van der Waals surface area contributed by atoms with Gasteiger partial charge in [-0.2, -0.15) is 0 Å². The number of aromatic hydroxyl groups is 2. The normalized spacial score (nSPS) is 10.4. The van der Waals surface area contributed by atoms with E-state index in [0.717, 1.165) is 11.1 Å². The predicted octanol–water partition coefficient (Wildman–Crippen LogP) is 4.22. The van der Waals surface area contributed by atoms with E-state index in [1.807, 2.05) is 13.8 Å². The van der Waals surface area contributed by atoms with Crippen LogP contribution in [0.4, 0.5) is 11.4 Å². The van der Waals surface area contributed by atoms with E-state index in [-0.39, 0.29) is 22.6 Å². The Bertz CT molecular complexity index is 976. The second kappa shape index (κ2) is 7.84. The molecule has 3 rings (SSSR count). The summed E-state index contributed by atoms with van der Waals surface area (Å²) in [5.74, 6) is -1.27. The van der Waals surface area contributed by atoms with E-state index < -0.39 is 11.8 Å². The maximum absolute atomic E-state index is 12.6. The smallest absolute Gasteiger partial charge is 0.259 e. The molecule has 0 saturated heterocycles. The number of phenolic OH excluding ortho intramolecular Hbond substituents is 2. The van der Waals surface area contributed by atoms with Crippen LogP contribution in [-0.4, -0.2) is 22.0 Å². The third kappa shape index (κ3) is 3.96. The minimum Gasteiger partial charge on any atom is -0.507 e. The van der Waals surface area contributed by atoms with Gasteiger partial charge in [0.2, 0.25) is 0 Å². The van der Waals surface area contributed by atoms with E-state index in [4.69, 9.17) is 0 Å². The Morgan fingerprint density at radius 2 is 1.04 bits per heavy atom. The van der Waals surface area contributed by atoms with Gasteiger partial charge in [0.25, 0.3) is 11.8 Å². The van der Waals surface area contributed by atoms with E-state index in [1.54, 1.807) is 36.4 Å². The van der Waals surface area contributed by atoms with E-state index in [2.05, 4.69) is 10.6 Å². The van der Waals surface area contributed by atoms with Gasteiger partial charge < -0.3 is 20.8 Å². The van der Waals surface area contributed by atoms with Crippen molar-refractivity contribution >= 4 is 23.2 Å². The predicted molar refractivity (Wildman–Crippen MR) is 108 cm³/mol. The molecule has 0 spiro atoms. The van der Waals surface area contributed by atoms with Crippen molar-refractivity contribution in [3.63, 3.8) is 0 Å². The van der Waals surface area contributed by atoms with Crippen molar-refractivity contribution in [3.05, 3.63) is 82.9 Å². The number of amides is 2. The standard InChI is InChI=1S/C22H20N2O4/c1-13-11-17(23-21(27)15-7-3-5-9-19(15)25)18(12-14(13)2)24-22(28)16-8-4-6-10-20(16)26/h3-12,25-26H,1-2H3,(H,23,27)(H,24,28). The van der Waals surface area contributed by atoms with Gasteiger partial charge in [-0.05, 0) is 61.4 Å². The summed E-state index contributed by atoms with van der Waals surface area (Å²) in [6, 6.07) is 15.9. The SMILES string of the molecule is Cc1cc(NC(=O)c2ccccc2O)c(NC(=O)c2ccccc2O)cc1C. The zero-order valence-corrected chi connectivity index (χ0v) is 15.5. The molecule has 4 N–H and O–H groups in total. The summed E-state index contributed by atoms with van der Waals surface area (Å²) in [5.41, 5.74) is 2.87. The summed E-state index contributed by atoms with van der Waals surface area (Å²) in [6.07, 6.45) is 0. The molecule has 28 heavy (non-hydrogen) atoms. The monoisotopic (exact) mass is 376 g/mol. The Kier molecular flexibility index (Phi) is 5.31. The molecule has 6 heteroatoms. The lowest BCUT2D eigenvalue weighted by molar-refractivity contribution is 0.101. The number of carbonyl (C=O) groups is 2. The third-order valence-corrected chi connectivity index (χ3v) is 4.43. The summed E-state index contributed by atoms with van der Waals surface area (Å²) < 4.78 is 0. The van der Waals surface area contributed by atoms with Crippen molar-refractivity contribution in [2.75, 3.05) is 10.6 Å². The minimum absolute atomic E-state index is 0.124. The quantitative estimate of drug-likeness (QED) is 0.548. The summed E-state index contributed by atoms with van der Waals surface area (Å²) >= 11 is 0. The number of para-hydroxylation sites is 2. The average Bonchev–Trinajstić information content (AvgIpc) is 2.66. The van der Waals surface area contributed by atoms with Crippen LogP contribution in [0.25, 0.3) is 0 Å². The third-order valence-electron chi connectivity index (χ3n) is 4.43. The van der Waals surface area contributed by atoms with Gasteiger partial charge in [-0.15, -0.1) is 0 Å². The van der Waals surface area contributed by atoms with Gasteiger partial charge in [-0.1, -0.05) is 24.3 Å². The molecule has 3 aromatic rings. The first-order chi connectivity index (χ1) is 13.4. The molecule has 0 aliphatic carbocycles. The van der Waals surface area contributed by atoms with Crippen LogP contribution in [0.15, 0.2) is 60.7 Å². The van der Waals surface area contributed by atoms with Crippen LogP contribution in [0.1, 0.15) is 31.8 Å². The molecule has 142 valence electrons. The highest BCUT2D eigenvalue weighted by atomic mass is 16.3. The van der Waals surface area contributed by atoms with Crippen LogP contribution in [0.5, 0.6) is 11.5 Å². The number of phenols is 2. The first-order valence-electron chi connectivity index (χ1n) is 8.66. The second-order valence-electron chi connectivity index (χ2n) is 6.42. The highest BCUT2D eigenvalue weighted by molar-refractivity contribution is 6.11. The maximum Gasteiger partial charge on any atom is 0.259 e. The summed E-state index contributed by atoms with van der Waals surface area (Å²) in [7, 11) is 0. The molecule has 0 heterocycles. The van der Waals surface area contributed by atoms with E-state index in [0.29, 0.717) is 11.4 Å². The summed E-state index contributed by atoms with van der Waals surface area (Å²) in [4.78, 5) is 25.1. The zero-order chi connectivity index (χ0) is 20.3. The van der Waals surface area contributed by atoms with Crippen molar-refractivity contribution in [2.45, 2.75) is 13.8 Å². The van der Waals surface area contributed by atoms with Gasteiger partial charge in [0, 0.05) is 0 Å². The first kappa shape index (κ1) is 19.0. The van der Waals surface area contributed by atoms with Crippen molar-refractivity contribution in [3.8, 4) is 11.5 Å². The Morgan fingerprint density at radius 1 is 0.679 bits per heavy atom. The Morgan fingerprint density at radius 3 is 1.39 bits per heavy atom. The van der Waals surface area contributed by atoms with Gasteiger partial charge in [0.1, 0.15) is 11.5 Å². The van der Waals surface area contributed by atoms with Crippen molar-refractivity contribution in [2.24, 2.45) is 0 Å². The summed E-state index contributed by atoms with van der Waals surface area (Å²) in [6.45, 7) is 3.78. The molecule has 0 radical (unpaired) electrons. The largest absolute Gasteiger partial charge is 0.507 e. The molecular formula is C22H20N2O4. The Labute approximate surface area is 162 Å². The van der Waals surface area contributed by atoms with Gasteiger partial charge in [0.15, 0.2) is 0 Å². The highest BCUT2D eigenvalue weighted by Gasteiger charge is 2.17. The number of nitrogens with one attached hydrogen (secondary N) is 2. The van der Waals surface area contributed by atoms with Gasteiger partial charge in [0.05, 0.1) is 22.5 Å². The lowest BCUT2D eigenvalue weighted by Crippen LogP contribution is -2.17. The van der Waals surface area contributed by atoms with Crippen molar-refractivity contribution in [1.29, 1.82) is 0 Å². The Hall–Kier alpha value is -3.80. The van der Waals surface area contributed by atoms with Crippen molar-refractivity contribution in [1.82, 2.24) is 0 Å². The first-order valence-corrected chi connectivity index (χ1v) is 8.66. The van der Waals surface area contributed by atoms with Crippen LogP contribution in [0.2, 0.25) is 0 Å². The average molecular weight is 376 g/mol. The maximum atomic E-state index is 12.6.